The summed E-state index contributed by atoms with van der Waals surface area (Å²) in [6, 6.07) is 12.3. The van der Waals surface area contributed by atoms with Gasteiger partial charge in [0.2, 0.25) is 5.91 Å². The number of nitrogens with one attached hydrogen (secondary N) is 1. The van der Waals surface area contributed by atoms with Crippen molar-refractivity contribution in [3.8, 4) is 0 Å². The minimum Gasteiger partial charge on any atom is -0.465 e. The second kappa shape index (κ2) is 7.87. The van der Waals surface area contributed by atoms with Crippen molar-refractivity contribution in [2.75, 3.05) is 7.11 Å². The number of rotatable bonds is 6. The van der Waals surface area contributed by atoms with Gasteiger partial charge in [0.05, 0.1) is 29.8 Å². The van der Waals surface area contributed by atoms with Crippen molar-refractivity contribution >= 4 is 11.9 Å². The molecule has 1 saturated heterocycles. The Morgan fingerprint density at radius 1 is 1.12 bits per heavy atom. The first-order valence-corrected chi connectivity index (χ1v) is 11.1. The predicted molar refractivity (Wildman–Crippen MR) is 114 cm³/mol. The molecule has 2 saturated carbocycles. The highest BCUT2D eigenvalue weighted by Gasteiger charge is 2.55. The van der Waals surface area contributed by atoms with E-state index < -0.39 is 23.2 Å². The molecule has 174 valence electrons. The van der Waals surface area contributed by atoms with Crippen LogP contribution < -0.4 is 5.32 Å². The fraction of sp³-hybridized carbons (Fsp3) is 0.440. The van der Waals surface area contributed by atoms with Gasteiger partial charge in [0.1, 0.15) is 0 Å². The number of methoxy groups -OCH3 is 1. The van der Waals surface area contributed by atoms with Gasteiger partial charge in [-0.1, -0.05) is 30.3 Å². The van der Waals surface area contributed by atoms with Crippen LogP contribution in [0.3, 0.4) is 0 Å². The molecule has 2 aromatic rings. The molecule has 2 aliphatic carbocycles. The summed E-state index contributed by atoms with van der Waals surface area (Å²) in [5.41, 5.74) is 0.845. The number of carbonyl (C=O) groups is 2. The molecule has 0 radical (unpaired) electrons. The van der Waals surface area contributed by atoms with Crippen LogP contribution in [0.15, 0.2) is 48.5 Å². The molecule has 3 unspecified atom stereocenters. The molecule has 0 spiro atoms. The second-order valence-electron chi connectivity index (χ2n) is 9.33. The summed E-state index contributed by atoms with van der Waals surface area (Å²) in [6.07, 6.45) is -1.05. The molecule has 3 atom stereocenters. The molecule has 33 heavy (non-hydrogen) atoms. The average Bonchev–Trinajstić information content (AvgIpc) is 3.72. The maximum absolute atomic E-state index is 13.3. The number of piperidine rings is 1. The number of carbonyl (C=O) groups excluding carboxylic acids is 2. The van der Waals surface area contributed by atoms with Crippen LogP contribution in [0, 0.1) is 5.92 Å². The number of hydrogen-bond acceptors (Lipinski definition) is 4. The molecule has 1 heterocycles. The Labute approximate surface area is 189 Å². The van der Waals surface area contributed by atoms with Gasteiger partial charge in [0.25, 0.3) is 0 Å². The van der Waals surface area contributed by atoms with Crippen molar-refractivity contribution in [2.45, 2.75) is 56.0 Å². The molecular formula is C25H25F3N2O3. The number of esters is 1. The Morgan fingerprint density at radius 2 is 1.85 bits per heavy atom. The molecule has 1 amide bonds. The standard InChI is InChI=1S/C25H25F3N2O3/c1-33-23(32)16-5-7-18(8-6-16)24(9-10-24)29-22(31)21-13-17-12-20(17)30(21)14-15-3-2-4-19(11-15)25(26,27)28/h2-8,11,17,20-21H,9-10,12-14H2,1H3,(H,29,31). The van der Waals surface area contributed by atoms with E-state index in [1.165, 1.54) is 19.2 Å². The monoisotopic (exact) mass is 458 g/mol. The minimum absolute atomic E-state index is 0.0799. The quantitative estimate of drug-likeness (QED) is 0.658. The third kappa shape index (κ3) is 4.24. The van der Waals surface area contributed by atoms with Gasteiger partial charge < -0.3 is 10.1 Å². The van der Waals surface area contributed by atoms with E-state index in [-0.39, 0.29) is 18.0 Å². The highest BCUT2D eigenvalue weighted by atomic mass is 19.4. The van der Waals surface area contributed by atoms with Crippen LogP contribution in [0.25, 0.3) is 0 Å². The molecule has 3 fully saturated rings. The molecule has 0 aromatic heterocycles. The van der Waals surface area contributed by atoms with Gasteiger partial charge in [-0.15, -0.1) is 0 Å². The summed E-state index contributed by atoms with van der Waals surface area (Å²) >= 11 is 0. The van der Waals surface area contributed by atoms with Gasteiger partial charge in [0, 0.05) is 12.6 Å². The highest BCUT2D eigenvalue weighted by Crippen LogP contribution is 2.50. The Kier molecular flexibility index (Phi) is 5.23. The number of halogens is 3. The molecule has 2 aromatic carbocycles. The van der Waals surface area contributed by atoms with Crippen LogP contribution in [0.4, 0.5) is 13.2 Å². The van der Waals surface area contributed by atoms with Gasteiger partial charge in [-0.2, -0.15) is 13.2 Å². The van der Waals surface area contributed by atoms with Crippen molar-refractivity contribution in [3.05, 3.63) is 70.8 Å². The van der Waals surface area contributed by atoms with Crippen molar-refractivity contribution < 1.29 is 27.5 Å². The number of benzene rings is 2. The van der Waals surface area contributed by atoms with E-state index in [0.717, 1.165) is 37.3 Å². The van der Waals surface area contributed by atoms with Gasteiger partial charge in [-0.3, -0.25) is 9.69 Å². The van der Waals surface area contributed by atoms with Gasteiger partial charge >= 0.3 is 12.1 Å². The van der Waals surface area contributed by atoms with Crippen LogP contribution in [0.2, 0.25) is 0 Å². The normalized spacial score (nSPS) is 25.3. The number of amides is 1. The number of alkyl halides is 3. The summed E-state index contributed by atoms with van der Waals surface area (Å²) in [5.74, 6) is -0.0596. The molecule has 1 aliphatic heterocycles. The molecule has 5 rings (SSSR count). The fourth-order valence-electron chi connectivity index (χ4n) is 5.06. The van der Waals surface area contributed by atoms with Gasteiger partial charge in [-0.25, -0.2) is 4.79 Å². The van der Waals surface area contributed by atoms with E-state index in [9.17, 15) is 22.8 Å². The zero-order valence-corrected chi connectivity index (χ0v) is 18.2. The Hall–Kier alpha value is -2.87. The van der Waals surface area contributed by atoms with Crippen LogP contribution in [0.1, 0.15) is 52.7 Å². The molecule has 5 nitrogen and oxygen atoms in total. The van der Waals surface area contributed by atoms with Crippen LogP contribution >= 0.6 is 0 Å². The summed E-state index contributed by atoms with van der Waals surface area (Å²) in [6.45, 7) is 0.323. The first-order valence-electron chi connectivity index (χ1n) is 11.1. The summed E-state index contributed by atoms with van der Waals surface area (Å²) < 4.78 is 44.1. The number of ether oxygens (including phenoxy) is 1. The zero-order chi connectivity index (χ0) is 23.4. The first kappa shape index (κ1) is 21.9. The maximum atomic E-state index is 13.3. The number of fused-ring (bicyclic) bond motifs is 1. The largest absolute Gasteiger partial charge is 0.465 e. The van der Waals surface area contributed by atoms with E-state index >= 15 is 0 Å². The predicted octanol–water partition coefficient (Wildman–Crippen LogP) is 4.26. The molecule has 0 bridgehead atoms. The van der Waals surface area contributed by atoms with Crippen molar-refractivity contribution in [1.82, 2.24) is 10.2 Å². The molecular weight excluding hydrogens is 433 g/mol. The lowest BCUT2D eigenvalue weighted by molar-refractivity contribution is -0.137. The highest BCUT2D eigenvalue weighted by molar-refractivity contribution is 5.89. The lowest BCUT2D eigenvalue weighted by Crippen LogP contribution is -2.48. The van der Waals surface area contributed by atoms with Crippen LogP contribution in [-0.2, 0) is 27.8 Å². The zero-order valence-electron chi connectivity index (χ0n) is 18.2. The van der Waals surface area contributed by atoms with Crippen molar-refractivity contribution in [1.29, 1.82) is 0 Å². The smallest absolute Gasteiger partial charge is 0.416 e. The van der Waals surface area contributed by atoms with E-state index in [1.807, 2.05) is 12.1 Å². The summed E-state index contributed by atoms with van der Waals surface area (Å²) in [4.78, 5) is 27.0. The lowest BCUT2D eigenvalue weighted by Gasteiger charge is -2.29. The lowest BCUT2D eigenvalue weighted by atomic mass is 10.0. The SMILES string of the molecule is COC(=O)c1ccc(C2(NC(=O)C3CC4CC4N3Cc3cccc(C(F)(F)F)c3)CC2)cc1. The number of hydrogen-bond donors (Lipinski definition) is 1. The van der Waals surface area contributed by atoms with Crippen molar-refractivity contribution in [2.24, 2.45) is 5.92 Å². The molecule has 3 aliphatic rings. The minimum atomic E-state index is -4.39. The van der Waals surface area contributed by atoms with Crippen LogP contribution in [0.5, 0.6) is 0 Å². The Balaban J connectivity index is 1.29. The third-order valence-electron chi connectivity index (χ3n) is 7.13. The number of nitrogens with zero attached hydrogens (tertiary/aromatic N) is 1. The van der Waals surface area contributed by atoms with Crippen molar-refractivity contribution in [3.63, 3.8) is 0 Å². The first-order chi connectivity index (χ1) is 15.7. The van der Waals surface area contributed by atoms with Crippen LogP contribution in [-0.4, -0.2) is 36.0 Å². The van der Waals surface area contributed by atoms with Gasteiger partial charge in [-0.05, 0) is 60.9 Å². The van der Waals surface area contributed by atoms with E-state index in [4.69, 9.17) is 4.74 Å². The second-order valence-corrected chi connectivity index (χ2v) is 9.33. The molecule has 1 N–H and O–H groups in total. The maximum Gasteiger partial charge on any atom is 0.416 e. The average molecular weight is 458 g/mol. The number of likely N-dealkylation sites (tertiary alicyclic amines) is 1. The summed E-state index contributed by atoms with van der Waals surface area (Å²) in [7, 11) is 1.33. The van der Waals surface area contributed by atoms with Gasteiger partial charge in [0.15, 0.2) is 0 Å². The summed E-state index contributed by atoms with van der Waals surface area (Å²) in [5, 5.41) is 3.20. The Morgan fingerprint density at radius 3 is 2.48 bits per heavy atom. The fourth-order valence-corrected chi connectivity index (χ4v) is 5.06. The van der Waals surface area contributed by atoms with E-state index in [1.54, 1.807) is 18.2 Å². The molecule has 8 heteroatoms. The third-order valence-corrected chi connectivity index (χ3v) is 7.13. The Bertz CT molecular complexity index is 1080. The topological polar surface area (TPSA) is 58.6 Å². The van der Waals surface area contributed by atoms with E-state index in [0.29, 0.717) is 23.6 Å². The van der Waals surface area contributed by atoms with E-state index in [2.05, 4.69) is 10.2 Å².